The van der Waals surface area contributed by atoms with Crippen LogP contribution in [0.25, 0.3) is 0 Å². The Morgan fingerprint density at radius 1 is 0.568 bits per heavy atom. The van der Waals surface area contributed by atoms with Crippen LogP contribution in [-0.2, 0) is 28.7 Å². The first-order valence-electron chi connectivity index (χ1n) is 11.0. The maximum absolute atomic E-state index is 11.9. The van der Waals surface area contributed by atoms with E-state index in [9.17, 15) is 28.8 Å². The van der Waals surface area contributed by atoms with Gasteiger partial charge in [0.05, 0.1) is 24.6 Å². The van der Waals surface area contributed by atoms with Crippen molar-refractivity contribution in [1.82, 2.24) is 0 Å². The van der Waals surface area contributed by atoms with Gasteiger partial charge in [0.15, 0.2) is 0 Å². The number of carbonyl (C=O) groups excluding carboxylic acids is 6. The predicted octanol–water partition coefficient (Wildman–Crippen LogP) is 2.73. The number of amides is 6. The fourth-order valence-corrected chi connectivity index (χ4v) is 3.39. The molecular weight excluding hydrogens is 484 g/mol. The van der Waals surface area contributed by atoms with Gasteiger partial charge < -0.3 is 9.47 Å². The van der Waals surface area contributed by atoms with Crippen molar-refractivity contribution < 1.29 is 38.2 Å². The number of carbonyl (C=O) groups is 6. The van der Waals surface area contributed by atoms with Crippen molar-refractivity contribution >= 4 is 58.6 Å². The summed E-state index contributed by atoms with van der Waals surface area (Å²) in [5.41, 5.74) is 1.55. The lowest BCUT2D eigenvalue weighted by Gasteiger charge is -2.14. The second kappa shape index (κ2) is 11.0. The molecule has 0 atom stereocenters. The zero-order valence-corrected chi connectivity index (χ0v) is 19.2. The summed E-state index contributed by atoms with van der Waals surface area (Å²) in [5.74, 6) is -1.76. The van der Waals surface area contributed by atoms with Crippen LogP contribution in [0.5, 0.6) is 0 Å². The third-order valence-electron chi connectivity index (χ3n) is 5.12. The Morgan fingerprint density at radius 2 is 0.892 bits per heavy atom. The molecule has 0 aliphatic carbocycles. The SMILES string of the molecule is O=C(Nc1ccc(N2C(=O)C=CC2=O)cc1)OCCCOC(=O)Nc1ccc(N2C(=O)C=CC2=O)cc1. The van der Waals surface area contributed by atoms with Crippen molar-refractivity contribution in [3.63, 3.8) is 0 Å². The minimum atomic E-state index is -0.725. The molecule has 0 unspecified atom stereocenters. The van der Waals surface area contributed by atoms with Gasteiger partial charge in [-0.05, 0) is 48.5 Å². The molecule has 4 rings (SSSR count). The molecular formula is C25H20N4O8. The quantitative estimate of drug-likeness (QED) is 0.411. The molecule has 0 spiro atoms. The topological polar surface area (TPSA) is 151 Å². The molecule has 0 fully saturated rings. The Morgan fingerprint density at radius 3 is 1.22 bits per heavy atom. The molecule has 0 saturated heterocycles. The standard InChI is InChI=1S/C25H20N4O8/c30-20-10-11-21(31)28(20)18-6-2-16(3-7-18)26-24(34)36-14-1-15-37-25(35)27-17-4-8-19(9-5-17)29-22(32)12-13-23(29)33/h2-13H,1,14-15H2,(H,26,34)(H,27,35). The van der Waals surface area contributed by atoms with Crippen molar-refractivity contribution in [2.45, 2.75) is 6.42 Å². The van der Waals surface area contributed by atoms with E-state index in [0.717, 1.165) is 9.80 Å². The molecule has 2 heterocycles. The van der Waals surface area contributed by atoms with E-state index in [-0.39, 0.29) is 19.6 Å². The number of rotatable bonds is 8. The van der Waals surface area contributed by atoms with Gasteiger partial charge in [0.1, 0.15) is 0 Å². The van der Waals surface area contributed by atoms with Gasteiger partial charge >= 0.3 is 12.2 Å². The van der Waals surface area contributed by atoms with Crippen molar-refractivity contribution in [2.75, 3.05) is 33.6 Å². The Labute approximate surface area is 210 Å². The summed E-state index contributed by atoms with van der Waals surface area (Å²) in [6.45, 7) is -0.0272. The van der Waals surface area contributed by atoms with Crippen LogP contribution in [-0.4, -0.2) is 49.0 Å². The highest BCUT2D eigenvalue weighted by Crippen LogP contribution is 2.22. The number of ether oxygens (including phenoxy) is 2. The molecule has 0 bridgehead atoms. The summed E-state index contributed by atoms with van der Waals surface area (Å²) in [7, 11) is 0. The third kappa shape index (κ3) is 6.06. The van der Waals surface area contributed by atoms with E-state index in [1.807, 2.05) is 0 Å². The molecule has 2 aliphatic heterocycles. The van der Waals surface area contributed by atoms with E-state index in [1.165, 1.54) is 72.8 Å². The van der Waals surface area contributed by atoms with Gasteiger partial charge in [0, 0.05) is 42.1 Å². The molecule has 0 radical (unpaired) electrons. The van der Waals surface area contributed by atoms with Gasteiger partial charge in [-0.15, -0.1) is 0 Å². The summed E-state index contributed by atoms with van der Waals surface area (Å²) in [6.07, 6.45) is 3.51. The molecule has 12 nitrogen and oxygen atoms in total. The molecule has 188 valence electrons. The van der Waals surface area contributed by atoms with E-state index >= 15 is 0 Å². The van der Waals surface area contributed by atoms with Crippen LogP contribution >= 0.6 is 0 Å². The fraction of sp³-hybridized carbons (Fsp3) is 0.120. The Kier molecular flexibility index (Phi) is 7.38. The number of hydrogen-bond donors (Lipinski definition) is 2. The first-order valence-corrected chi connectivity index (χ1v) is 11.0. The van der Waals surface area contributed by atoms with Gasteiger partial charge in [-0.25, -0.2) is 19.4 Å². The maximum Gasteiger partial charge on any atom is 0.411 e. The van der Waals surface area contributed by atoms with Gasteiger partial charge in [-0.3, -0.25) is 29.8 Å². The molecule has 2 N–H and O–H groups in total. The van der Waals surface area contributed by atoms with E-state index < -0.39 is 35.8 Å². The number of hydrogen-bond acceptors (Lipinski definition) is 8. The number of benzene rings is 2. The van der Waals surface area contributed by atoms with Crippen molar-refractivity contribution in [2.24, 2.45) is 0 Å². The minimum absolute atomic E-state index is 0.0136. The summed E-state index contributed by atoms with van der Waals surface area (Å²) in [6, 6.07) is 12.1. The minimum Gasteiger partial charge on any atom is -0.449 e. The van der Waals surface area contributed by atoms with Gasteiger partial charge in [0.25, 0.3) is 23.6 Å². The van der Waals surface area contributed by atoms with Gasteiger partial charge in [-0.2, -0.15) is 0 Å². The summed E-state index contributed by atoms with van der Waals surface area (Å²) < 4.78 is 10.1. The monoisotopic (exact) mass is 504 g/mol. The summed E-state index contributed by atoms with van der Waals surface area (Å²) in [4.78, 5) is 72.7. The molecule has 6 amide bonds. The molecule has 2 aliphatic rings. The number of nitrogens with zero attached hydrogens (tertiary/aromatic N) is 2. The molecule has 12 heteroatoms. The lowest BCUT2D eigenvalue weighted by atomic mass is 10.2. The lowest BCUT2D eigenvalue weighted by molar-refractivity contribution is -0.121. The fourth-order valence-electron chi connectivity index (χ4n) is 3.39. The van der Waals surface area contributed by atoms with E-state index in [0.29, 0.717) is 22.7 Å². The Hall–Kier alpha value is -5.26. The van der Waals surface area contributed by atoms with E-state index in [4.69, 9.17) is 9.47 Å². The maximum atomic E-state index is 11.9. The zero-order valence-electron chi connectivity index (χ0n) is 19.2. The van der Waals surface area contributed by atoms with Gasteiger partial charge in [0.2, 0.25) is 0 Å². The van der Waals surface area contributed by atoms with Crippen LogP contribution < -0.4 is 20.4 Å². The zero-order chi connectivity index (χ0) is 26.4. The number of anilines is 4. The molecule has 0 saturated carbocycles. The Balaban J connectivity index is 1.12. The highest BCUT2D eigenvalue weighted by molar-refractivity contribution is 6.28. The second-order valence-electron chi connectivity index (χ2n) is 7.66. The molecule has 37 heavy (non-hydrogen) atoms. The van der Waals surface area contributed by atoms with E-state index in [1.54, 1.807) is 0 Å². The summed E-state index contributed by atoms with van der Waals surface area (Å²) >= 11 is 0. The molecule has 0 aromatic heterocycles. The van der Waals surface area contributed by atoms with Gasteiger partial charge in [-0.1, -0.05) is 0 Å². The predicted molar refractivity (Wildman–Crippen MR) is 131 cm³/mol. The van der Waals surface area contributed by atoms with E-state index in [2.05, 4.69) is 10.6 Å². The first kappa shape index (κ1) is 24.9. The highest BCUT2D eigenvalue weighted by atomic mass is 16.6. The third-order valence-corrected chi connectivity index (χ3v) is 5.12. The summed E-state index contributed by atoms with van der Waals surface area (Å²) in [5, 5.41) is 5.02. The van der Waals surface area contributed by atoms with Crippen molar-refractivity contribution in [1.29, 1.82) is 0 Å². The number of imide groups is 2. The molecule has 2 aromatic carbocycles. The first-order chi connectivity index (χ1) is 17.8. The largest absolute Gasteiger partial charge is 0.449 e. The average molecular weight is 504 g/mol. The van der Waals surface area contributed by atoms with Crippen LogP contribution in [0, 0.1) is 0 Å². The number of nitrogens with one attached hydrogen (secondary N) is 2. The highest BCUT2D eigenvalue weighted by Gasteiger charge is 2.25. The Bertz CT molecular complexity index is 1180. The average Bonchev–Trinajstić information content (AvgIpc) is 3.39. The van der Waals surface area contributed by atoms with Crippen molar-refractivity contribution in [3.8, 4) is 0 Å². The normalized spacial score (nSPS) is 14.4. The van der Waals surface area contributed by atoms with Crippen LogP contribution in [0.3, 0.4) is 0 Å². The van der Waals surface area contributed by atoms with Crippen LogP contribution in [0.15, 0.2) is 72.8 Å². The second-order valence-corrected chi connectivity index (χ2v) is 7.66. The molecule has 2 aromatic rings. The van der Waals surface area contributed by atoms with Crippen LogP contribution in [0.4, 0.5) is 32.3 Å². The smallest absolute Gasteiger partial charge is 0.411 e. The van der Waals surface area contributed by atoms with Crippen molar-refractivity contribution in [3.05, 3.63) is 72.8 Å². The van der Waals surface area contributed by atoms with Crippen LogP contribution in [0.1, 0.15) is 6.42 Å². The van der Waals surface area contributed by atoms with Crippen LogP contribution in [0.2, 0.25) is 0 Å². The lowest BCUT2D eigenvalue weighted by Crippen LogP contribution is -2.29.